The summed E-state index contributed by atoms with van der Waals surface area (Å²) in [6, 6.07) is 5.64. The summed E-state index contributed by atoms with van der Waals surface area (Å²) in [5.41, 5.74) is 5.10. The van der Waals surface area contributed by atoms with Crippen molar-refractivity contribution in [1.82, 2.24) is 10.2 Å². The fraction of sp³-hybridized carbons (Fsp3) is 0.562. The molecule has 21 heavy (non-hydrogen) atoms. The molecule has 5 heteroatoms. The van der Waals surface area contributed by atoms with Crippen molar-refractivity contribution in [3.63, 3.8) is 0 Å². The average molecular weight is 290 g/mol. The summed E-state index contributed by atoms with van der Waals surface area (Å²) in [5, 5.41) is 3.08. The molecule has 1 atom stereocenters. The first kappa shape index (κ1) is 15.8. The standard InChI is InChI=1S/C16H26N4O/c1-12-10-14(6-7-15(12)19-17)16(21)18-13(2)11-20-8-4-3-5-9-20/h6-7,10,13,19H,3-5,8-9,11,17H2,1-2H3,(H,18,21). The van der Waals surface area contributed by atoms with Crippen molar-refractivity contribution < 1.29 is 4.79 Å². The van der Waals surface area contributed by atoms with Crippen molar-refractivity contribution in [1.29, 1.82) is 0 Å². The molecule has 4 N–H and O–H groups in total. The van der Waals surface area contributed by atoms with Gasteiger partial charge in [0, 0.05) is 18.2 Å². The monoisotopic (exact) mass is 290 g/mol. The summed E-state index contributed by atoms with van der Waals surface area (Å²) < 4.78 is 0. The predicted octanol–water partition coefficient (Wildman–Crippen LogP) is 1.88. The highest BCUT2D eigenvalue weighted by molar-refractivity contribution is 5.95. The fourth-order valence-corrected chi connectivity index (χ4v) is 2.85. The van der Waals surface area contributed by atoms with E-state index in [0.717, 1.165) is 30.9 Å². The molecule has 1 aromatic rings. The molecule has 2 rings (SSSR count). The summed E-state index contributed by atoms with van der Waals surface area (Å²) in [6.45, 7) is 7.22. The second-order valence-electron chi connectivity index (χ2n) is 5.91. The molecule has 1 fully saturated rings. The van der Waals surface area contributed by atoms with E-state index in [0.29, 0.717) is 5.56 Å². The SMILES string of the molecule is Cc1cc(C(=O)NC(C)CN2CCCCC2)ccc1NN. The first-order valence-electron chi connectivity index (χ1n) is 7.70. The minimum atomic E-state index is -0.0221. The molecule has 1 aliphatic heterocycles. The predicted molar refractivity (Wildman–Crippen MR) is 86.2 cm³/mol. The Balaban J connectivity index is 1.89. The van der Waals surface area contributed by atoms with Crippen molar-refractivity contribution in [2.75, 3.05) is 25.1 Å². The summed E-state index contributed by atoms with van der Waals surface area (Å²) in [4.78, 5) is 14.7. The lowest BCUT2D eigenvalue weighted by molar-refractivity contribution is 0.0925. The van der Waals surface area contributed by atoms with Gasteiger partial charge in [0.25, 0.3) is 5.91 Å². The van der Waals surface area contributed by atoms with Crippen LogP contribution in [0, 0.1) is 6.92 Å². The first-order chi connectivity index (χ1) is 10.1. The number of piperidine rings is 1. The van der Waals surface area contributed by atoms with Crippen LogP contribution in [0.5, 0.6) is 0 Å². The Morgan fingerprint density at radius 3 is 2.67 bits per heavy atom. The zero-order valence-electron chi connectivity index (χ0n) is 13.0. The molecule has 1 aliphatic rings. The number of rotatable bonds is 5. The normalized spacial score (nSPS) is 17.3. The van der Waals surface area contributed by atoms with Crippen molar-refractivity contribution in [2.24, 2.45) is 5.84 Å². The van der Waals surface area contributed by atoms with Gasteiger partial charge in [0.05, 0.1) is 5.69 Å². The van der Waals surface area contributed by atoms with Gasteiger partial charge in [-0.05, 0) is 63.5 Å². The average Bonchev–Trinajstić information content (AvgIpc) is 2.48. The molecule has 1 heterocycles. The van der Waals surface area contributed by atoms with Gasteiger partial charge in [0.2, 0.25) is 0 Å². The lowest BCUT2D eigenvalue weighted by atomic mass is 10.1. The molecule has 1 amide bonds. The quantitative estimate of drug-likeness (QED) is 0.572. The minimum Gasteiger partial charge on any atom is -0.348 e. The lowest BCUT2D eigenvalue weighted by Gasteiger charge is -2.29. The Kier molecular flexibility index (Phi) is 5.59. The number of hydrazine groups is 1. The number of hydrogen-bond acceptors (Lipinski definition) is 4. The van der Waals surface area contributed by atoms with Gasteiger partial charge >= 0.3 is 0 Å². The highest BCUT2D eigenvalue weighted by Crippen LogP contribution is 2.15. The molecule has 0 saturated carbocycles. The van der Waals surface area contributed by atoms with Crippen LogP contribution in [0.25, 0.3) is 0 Å². The van der Waals surface area contributed by atoms with Crippen LogP contribution in [-0.4, -0.2) is 36.5 Å². The molecule has 1 aromatic carbocycles. The van der Waals surface area contributed by atoms with Crippen molar-refractivity contribution in [2.45, 2.75) is 39.2 Å². The number of carbonyl (C=O) groups excluding carboxylic acids is 1. The van der Waals surface area contributed by atoms with Gasteiger partial charge in [-0.2, -0.15) is 0 Å². The van der Waals surface area contributed by atoms with E-state index >= 15 is 0 Å². The van der Waals surface area contributed by atoms with E-state index in [1.807, 2.05) is 19.1 Å². The van der Waals surface area contributed by atoms with E-state index in [2.05, 4.69) is 22.6 Å². The number of amides is 1. The Labute approximate surface area is 126 Å². The van der Waals surface area contributed by atoms with Gasteiger partial charge in [0.1, 0.15) is 0 Å². The lowest BCUT2D eigenvalue weighted by Crippen LogP contribution is -2.43. The second-order valence-corrected chi connectivity index (χ2v) is 5.91. The molecule has 1 unspecified atom stereocenters. The molecule has 0 aliphatic carbocycles. The first-order valence-corrected chi connectivity index (χ1v) is 7.70. The number of nitrogen functional groups attached to an aromatic ring is 1. The molecule has 1 saturated heterocycles. The van der Waals surface area contributed by atoms with E-state index < -0.39 is 0 Å². The zero-order chi connectivity index (χ0) is 15.2. The Morgan fingerprint density at radius 2 is 2.05 bits per heavy atom. The van der Waals surface area contributed by atoms with E-state index in [4.69, 9.17) is 5.84 Å². The maximum atomic E-state index is 12.3. The Morgan fingerprint density at radius 1 is 1.33 bits per heavy atom. The van der Waals surface area contributed by atoms with Crippen LogP contribution in [-0.2, 0) is 0 Å². The molecule has 5 nitrogen and oxygen atoms in total. The van der Waals surface area contributed by atoms with E-state index in [9.17, 15) is 4.79 Å². The van der Waals surface area contributed by atoms with Crippen LogP contribution in [0.2, 0.25) is 0 Å². The van der Waals surface area contributed by atoms with Gasteiger partial charge in [-0.15, -0.1) is 0 Å². The Bertz CT molecular complexity index is 483. The minimum absolute atomic E-state index is 0.0221. The molecule has 0 aromatic heterocycles. The topological polar surface area (TPSA) is 70.4 Å². The van der Waals surface area contributed by atoms with Crippen LogP contribution in [0.3, 0.4) is 0 Å². The summed E-state index contributed by atoms with van der Waals surface area (Å²) in [6.07, 6.45) is 3.87. The molecule has 116 valence electrons. The van der Waals surface area contributed by atoms with Crippen LogP contribution >= 0.6 is 0 Å². The third-order valence-electron chi connectivity index (χ3n) is 4.00. The zero-order valence-corrected chi connectivity index (χ0v) is 13.0. The smallest absolute Gasteiger partial charge is 0.251 e. The number of likely N-dealkylation sites (tertiary alicyclic amines) is 1. The fourth-order valence-electron chi connectivity index (χ4n) is 2.85. The third-order valence-corrected chi connectivity index (χ3v) is 4.00. The van der Waals surface area contributed by atoms with Gasteiger partial charge in [-0.1, -0.05) is 6.42 Å². The summed E-state index contributed by atoms with van der Waals surface area (Å²) in [7, 11) is 0. The van der Waals surface area contributed by atoms with Gasteiger partial charge in [-0.25, -0.2) is 0 Å². The van der Waals surface area contributed by atoms with Crippen molar-refractivity contribution in [3.8, 4) is 0 Å². The molecule has 0 spiro atoms. The largest absolute Gasteiger partial charge is 0.348 e. The number of benzene rings is 1. The molecule has 0 bridgehead atoms. The number of nitrogens with one attached hydrogen (secondary N) is 2. The molecular formula is C16H26N4O. The summed E-state index contributed by atoms with van der Waals surface area (Å²) >= 11 is 0. The van der Waals surface area contributed by atoms with E-state index in [-0.39, 0.29) is 11.9 Å². The van der Waals surface area contributed by atoms with Crippen LogP contribution in [0.15, 0.2) is 18.2 Å². The highest BCUT2D eigenvalue weighted by Gasteiger charge is 2.16. The molecular weight excluding hydrogens is 264 g/mol. The van der Waals surface area contributed by atoms with Gasteiger partial charge in [0.15, 0.2) is 0 Å². The van der Waals surface area contributed by atoms with Gasteiger partial charge < -0.3 is 15.6 Å². The van der Waals surface area contributed by atoms with Crippen LogP contribution < -0.4 is 16.6 Å². The third kappa shape index (κ3) is 4.44. The summed E-state index contributed by atoms with van der Waals surface area (Å²) in [5.74, 6) is 5.38. The molecule has 0 radical (unpaired) electrons. The second kappa shape index (κ2) is 7.43. The maximum absolute atomic E-state index is 12.3. The van der Waals surface area contributed by atoms with Crippen molar-refractivity contribution in [3.05, 3.63) is 29.3 Å². The number of nitrogens with zero attached hydrogens (tertiary/aromatic N) is 1. The maximum Gasteiger partial charge on any atom is 0.251 e. The van der Waals surface area contributed by atoms with Gasteiger partial charge in [-0.3, -0.25) is 10.6 Å². The number of nitrogens with two attached hydrogens (primary N) is 1. The highest BCUT2D eigenvalue weighted by atomic mass is 16.1. The number of aryl methyl sites for hydroxylation is 1. The van der Waals surface area contributed by atoms with Crippen LogP contribution in [0.1, 0.15) is 42.1 Å². The Hall–Kier alpha value is -1.59. The van der Waals surface area contributed by atoms with Crippen LogP contribution in [0.4, 0.5) is 5.69 Å². The number of anilines is 1. The van der Waals surface area contributed by atoms with Crippen molar-refractivity contribution >= 4 is 11.6 Å². The number of carbonyl (C=O) groups is 1. The number of hydrogen-bond donors (Lipinski definition) is 3. The van der Waals surface area contributed by atoms with E-state index in [1.54, 1.807) is 6.07 Å². The van der Waals surface area contributed by atoms with E-state index in [1.165, 1.54) is 19.3 Å².